The van der Waals surface area contributed by atoms with E-state index in [1.807, 2.05) is 6.07 Å². The van der Waals surface area contributed by atoms with Gasteiger partial charge in [0.15, 0.2) is 0 Å². The van der Waals surface area contributed by atoms with Crippen molar-refractivity contribution in [3.05, 3.63) is 29.6 Å². The Morgan fingerprint density at radius 3 is 3.20 bits per heavy atom. The van der Waals surface area contributed by atoms with Crippen LogP contribution >= 0.6 is 0 Å². The lowest BCUT2D eigenvalue weighted by molar-refractivity contribution is -0.0254. The molecule has 1 fully saturated rings. The number of hydrogen-bond donors (Lipinski definition) is 2. The van der Waals surface area contributed by atoms with Crippen LogP contribution in [-0.4, -0.2) is 59.8 Å². The van der Waals surface area contributed by atoms with Gasteiger partial charge in [0, 0.05) is 26.2 Å². The van der Waals surface area contributed by atoms with Crippen LogP contribution in [0.25, 0.3) is 0 Å². The minimum absolute atomic E-state index is 0.0791. The first-order valence-electron chi connectivity index (χ1n) is 6.93. The SMILES string of the molecule is CCN1CCOC(CNCc2cccc(C(=O)O)n2)C1. The summed E-state index contributed by atoms with van der Waals surface area (Å²) in [6.45, 7) is 7.19. The second-order valence-electron chi connectivity index (χ2n) is 4.84. The van der Waals surface area contributed by atoms with Crippen molar-refractivity contribution in [3.63, 3.8) is 0 Å². The van der Waals surface area contributed by atoms with E-state index >= 15 is 0 Å². The van der Waals surface area contributed by atoms with Crippen LogP contribution in [0.5, 0.6) is 0 Å². The molecule has 0 amide bonds. The van der Waals surface area contributed by atoms with Gasteiger partial charge in [0.2, 0.25) is 0 Å². The van der Waals surface area contributed by atoms with Crippen LogP contribution in [0.1, 0.15) is 23.1 Å². The molecule has 1 aliphatic rings. The van der Waals surface area contributed by atoms with Crippen LogP contribution in [0.3, 0.4) is 0 Å². The molecule has 1 saturated heterocycles. The number of aromatic nitrogens is 1. The van der Waals surface area contributed by atoms with Crippen LogP contribution in [-0.2, 0) is 11.3 Å². The van der Waals surface area contributed by atoms with Crippen molar-refractivity contribution >= 4 is 5.97 Å². The van der Waals surface area contributed by atoms with Crippen molar-refractivity contribution in [2.24, 2.45) is 0 Å². The Labute approximate surface area is 118 Å². The number of carboxylic acid groups (broad SMARTS) is 1. The fourth-order valence-corrected chi connectivity index (χ4v) is 2.25. The standard InChI is InChI=1S/C14H21N3O3/c1-2-17-6-7-20-12(10-17)9-15-8-11-4-3-5-13(16-11)14(18)19/h3-5,12,15H,2,6-10H2,1H3,(H,18,19). The maximum atomic E-state index is 10.8. The molecule has 1 aromatic heterocycles. The summed E-state index contributed by atoms with van der Waals surface area (Å²) in [5, 5.41) is 12.2. The summed E-state index contributed by atoms with van der Waals surface area (Å²) in [4.78, 5) is 17.3. The molecule has 6 heteroatoms. The number of nitrogens with zero attached hydrogens (tertiary/aromatic N) is 2. The highest BCUT2D eigenvalue weighted by Gasteiger charge is 2.18. The molecule has 1 unspecified atom stereocenters. The summed E-state index contributed by atoms with van der Waals surface area (Å²) < 4.78 is 5.69. The maximum Gasteiger partial charge on any atom is 0.354 e. The van der Waals surface area contributed by atoms with E-state index in [4.69, 9.17) is 9.84 Å². The molecule has 6 nitrogen and oxygen atoms in total. The van der Waals surface area contributed by atoms with Gasteiger partial charge in [0.25, 0.3) is 0 Å². The van der Waals surface area contributed by atoms with E-state index in [0.717, 1.165) is 38.5 Å². The summed E-state index contributed by atoms with van der Waals surface area (Å²) in [6, 6.07) is 5.03. The van der Waals surface area contributed by atoms with Gasteiger partial charge < -0.3 is 15.2 Å². The Hall–Kier alpha value is -1.50. The molecule has 110 valence electrons. The number of rotatable bonds is 6. The van der Waals surface area contributed by atoms with Crippen molar-refractivity contribution < 1.29 is 14.6 Å². The fraction of sp³-hybridized carbons (Fsp3) is 0.571. The summed E-state index contributed by atoms with van der Waals surface area (Å²) in [5.41, 5.74) is 0.809. The lowest BCUT2D eigenvalue weighted by Gasteiger charge is -2.32. The van der Waals surface area contributed by atoms with Crippen molar-refractivity contribution in [2.45, 2.75) is 19.6 Å². The maximum absolute atomic E-state index is 10.8. The topological polar surface area (TPSA) is 74.7 Å². The molecule has 1 atom stereocenters. The third-order valence-corrected chi connectivity index (χ3v) is 3.37. The van der Waals surface area contributed by atoms with Gasteiger partial charge in [-0.1, -0.05) is 13.0 Å². The number of pyridine rings is 1. The first-order chi connectivity index (χ1) is 9.69. The van der Waals surface area contributed by atoms with Gasteiger partial charge in [-0.3, -0.25) is 4.90 Å². The predicted molar refractivity (Wildman–Crippen MR) is 74.8 cm³/mol. The Morgan fingerprint density at radius 1 is 1.60 bits per heavy atom. The number of hydrogen-bond acceptors (Lipinski definition) is 5. The van der Waals surface area contributed by atoms with Gasteiger partial charge in [-0.15, -0.1) is 0 Å². The molecule has 0 aliphatic carbocycles. The summed E-state index contributed by atoms with van der Waals surface area (Å²) in [7, 11) is 0. The second kappa shape index (κ2) is 7.33. The Balaban J connectivity index is 1.78. The zero-order chi connectivity index (χ0) is 14.4. The largest absolute Gasteiger partial charge is 0.477 e. The highest BCUT2D eigenvalue weighted by atomic mass is 16.5. The number of ether oxygens (including phenoxy) is 1. The van der Waals surface area contributed by atoms with Gasteiger partial charge in [-0.25, -0.2) is 9.78 Å². The molecule has 2 N–H and O–H groups in total. The van der Waals surface area contributed by atoms with Crippen LogP contribution in [0.15, 0.2) is 18.2 Å². The Morgan fingerprint density at radius 2 is 2.45 bits per heavy atom. The summed E-state index contributed by atoms with van der Waals surface area (Å²) in [6.07, 6.45) is 0.186. The number of morpholine rings is 1. The van der Waals surface area contributed by atoms with Gasteiger partial charge in [-0.2, -0.15) is 0 Å². The monoisotopic (exact) mass is 279 g/mol. The van der Waals surface area contributed by atoms with E-state index in [-0.39, 0.29) is 11.8 Å². The Bertz CT molecular complexity index is 453. The minimum Gasteiger partial charge on any atom is -0.477 e. The van der Waals surface area contributed by atoms with Crippen molar-refractivity contribution in [1.29, 1.82) is 0 Å². The molecule has 0 spiro atoms. The van der Waals surface area contributed by atoms with Gasteiger partial charge in [0.05, 0.1) is 18.4 Å². The third kappa shape index (κ3) is 4.26. The molecule has 2 heterocycles. The Kier molecular flexibility index (Phi) is 5.46. The molecule has 0 saturated carbocycles. The molecule has 1 aromatic rings. The predicted octanol–water partition coefficient (Wildman–Crippen LogP) is 0.590. The zero-order valence-electron chi connectivity index (χ0n) is 11.7. The van der Waals surface area contributed by atoms with E-state index in [1.54, 1.807) is 6.07 Å². The number of carboxylic acids is 1. The minimum atomic E-state index is -0.999. The van der Waals surface area contributed by atoms with Crippen molar-refractivity contribution in [2.75, 3.05) is 32.8 Å². The molecule has 0 aromatic carbocycles. The van der Waals surface area contributed by atoms with E-state index in [0.29, 0.717) is 6.54 Å². The molecule has 0 radical (unpaired) electrons. The van der Waals surface area contributed by atoms with Crippen LogP contribution in [0.4, 0.5) is 0 Å². The first kappa shape index (κ1) is 14.9. The first-order valence-corrected chi connectivity index (χ1v) is 6.93. The van der Waals surface area contributed by atoms with Gasteiger partial charge in [0.1, 0.15) is 5.69 Å². The number of nitrogens with one attached hydrogen (secondary N) is 1. The average Bonchev–Trinajstić information content (AvgIpc) is 2.48. The van der Waals surface area contributed by atoms with E-state index in [1.165, 1.54) is 6.07 Å². The summed E-state index contributed by atoms with van der Waals surface area (Å²) >= 11 is 0. The van der Waals surface area contributed by atoms with Crippen LogP contribution in [0, 0.1) is 0 Å². The fourth-order valence-electron chi connectivity index (χ4n) is 2.25. The number of likely N-dealkylation sites (N-methyl/N-ethyl adjacent to an activating group) is 1. The molecule has 0 bridgehead atoms. The quantitative estimate of drug-likeness (QED) is 0.794. The smallest absolute Gasteiger partial charge is 0.354 e. The second-order valence-corrected chi connectivity index (χ2v) is 4.84. The lowest BCUT2D eigenvalue weighted by atomic mass is 10.2. The van der Waals surface area contributed by atoms with Crippen molar-refractivity contribution in [1.82, 2.24) is 15.2 Å². The lowest BCUT2D eigenvalue weighted by Crippen LogP contribution is -2.46. The average molecular weight is 279 g/mol. The van der Waals surface area contributed by atoms with Crippen LogP contribution in [0.2, 0.25) is 0 Å². The molecular formula is C14H21N3O3. The third-order valence-electron chi connectivity index (χ3n) is 3.37. The highest BCUT2D eigenvalue weighted by Crippen LogP contribution is 2.04. The summed E-state index contributed by atoms with van der Waals surface area (Å²) in [5.74, 6) is -0.999. The van der Waals surface area contributed by atoms with Gasteiger partial charge >= 0.3 is 5.97 Å². The highest BCUT2D eigenvalue weighted by molar-refractivity contribution is 5.85. The number of carbonyl (C=O) groups is 1. The zero-order valence-corrected chi connectivity index (χ0v) is 11.7. The van der Waals surface area contributed by atoms with Crippen LogP contribution < -0.4 is 5.32 Å². The van der Waals surface area contributed by atoms with Gasteiger partial charge in [-0.05, 0) is 18.7 Å². The molecule has 1 aliphatic heterocycles. The van der Waals surface area contributed by atoms with E-state index < -0.39 is 5.97 Å². The van der Waals surface area contributed by atoms with E-state index in [2.05, 4.69) is 22.1 Å². The number of aromatic carboxylic acids is 1. The molecule has 2 rings (SSSR count). The normalized spacial score (nSPS) is 19.9. The van der Waals surface area contributed by atoms with Crippen molar-refractivity contribution in [3.8, 4) is 0 Å². The van der Waals surface area contributed by atoms with E-state index in [9.17, 15) is 4.79 Å². The molecule has 20 heavy (non-hydrogen) atoms. The molecular weight excluding hydrogens is 258 g/mol.